The molecule has 2 aromatic carbocycles. The van der Waals surface area contributed by atoms with Crippen molar-refractivity contribution in [2.75, 3.05) is 0 Å². The Kier molecular flexibility index (Phi) is 6.56. The van der Waals surface area contributed by atoms with Crippen LogP contribution < -0.4 is 0 Å². The van der Waals surface area contributed by atoms with Gasteiger partial charge in [-0.3, -0.25) is 9.59 Å². The average molecular weight is 344 g/mol. The van der Waals surface area contributed by atoms with Crippen molar-refractivity contribution >= 4 is 23.3 Å². The monoisotopic (exact) mass is 343 g/mol. The predicted molar refractivity (Wildman–Crippen MR) is 97.1 cm³/mol. The van der Waals surface area contributed by atoms with Gasteiger partial charge in [0.25, 0.3) is 0 Å². The number of hydrogen-bond acceptors (Lipinski definition) is 2. The molecule has 0 unspecified atom stereocenters. The van der Waals surface area contributed by atoms with Gasteiger partial charge in [0, 0.05) is 36.0 Å². The van der Waals surface area contributed by atoms with E-state index in [1.54, 1.807) is 24.3 Å². The summed E-state index contributed by atoms with van der Waals surface area (Å²) in [5, 5.41) is 0.594. The number of Topliss-reactive ketones (excluding diaryl/α,β-unsaturated/α-hetero) is 1. The molecule has 0 saturated carbocycles. The first-order valence-corrected chi connectivity index (χ1v) is 8.47. The second-order valence-corrected chi connectivity index (χ2v) is 6.47. The molecule has 0 fully saturated rings. The van der Waals surface area contributed by atoms with E-state index in [2.05, 4.69) is 0 Å². The van der Waals surface area contributed by atoms with Crippen molar-refractivity contribution in [3.63, 3.8) is 0 Å². The van der Waals surface area contributed by atoms with E-state index in [-0.39, 0.29) is 30.6 Å². The lowest BCUT2D eigenvalue weighted by Crippen LogP contribution is -2.36. The minimum absolute atomic E-state index is 0.00355. The third-order valence-corrected chi connectivity index (χ3v) is 4.12. The van der Waals surface area contributed by atoms with Crippen LogP contribution in [0.15, 0.2) is 54.6 Å². The Bertz CT molecular complexity index is 681. The molecule has 0 heterocycles. The van der Waals surface area contributed by atoms with E-state index in [9.17, 15) is 9.59 Å². The van der Waals surface area contributed by atoms with E-state index in [4.69, 9.17) is 11.6 Å². The zero-order valence-corrected chi connectivity index (χ0v) is 14.8. The highest BCUT2D eigenvalue weighted by Crippen LogP contribution is 2.14. The summed E-state index contributed by atoms with van der Waals surface area (Å²) in [6.07, 6.45) is 0.422. The Balaban J connectivity index is 1.95. The molecule has 2 rings (SSSR count). The molecule has 1 amide bonds. The lowest BCUT2D eigenvalue weighted by Gasteiger charge is -2.27. The number of amides is 1. The molecule has 0 radical (unpaired) electrons. The van der Waals surface area contributed by atoms with Gasteiger partial charge in [0.2, 0.25) is 5.91 Å². The van der Waals surface area contributed by atoms with Crippen LogP contribution in [0.25, 0.3) is 0 Å². The molecule has 0 aliphatic carbocycles. The third kappa shape index (κ3) is 5.20. The maximum atomic E-state index is 12.5. The fourth-order valence-electron chi connectivity index (χ4n) is 2.48. The quantitative estimate of drug-likeness (QED) is 0.681. The van der Waals surface area contributed by atoms with Crippen LogP contribution in [0.4, 0.5) is 0 Å². The van der Waals surface area contributed by atoms with Crippen molar-refractivity contribution < 1.29 is 9.59 Å². The smallest absolute Gasteiger partial charge is 0.223 e. The number of hydrogen-bond donors (Lipinski definition) is 0. The Hall–Kier alpha value is -2.13. The van der Waals surface area contributed by atoms with E-state index in [0.29, 0.717) is 17.1 Å². The van der Waals surface area contributed by atoms with Gasteiger partial charge in [-0.1, -0.05) is 41.9 Å². The molecule has 0 N–H and O–H groups in total. The largest absolute Gasteiger partial charge is 0.336 e. The van der Waals surface area contributed by atoms with Crippen LogP contribution in [0, 0.1) is 0 Å². The Morgan fingerprint density at radius 1 is 0.958 bits per heavy atom. The van der Waals surface area contributed by atoms with Crippen LogP contribution in [0.2, 0.25) is 5.02 Å². The molecular formula is C20H22ClNO2. The van der Waals surface area contributed by atoms with Crippen LogP contribution in [0.3, 0.4) is 0 Å². The van der Waals surface area contributed by atoms with E-state index < -0.39 is 0 Å². The van der Waals surface area contributed by atoms with Crippen LogP contribution in [-0.4, -0.2) is 22.6 Å². The summed E-state index contributed by atoms with van der Waals surface area (Å²) >= 11 is 5.83. The first kappa shape index (κ1) is 18.2. The van der Waals surface area contributed by atoms with Crippen molar-refractivity contribution in [1.29, 1.82) is 0 Å². The van der Waals surface area contributed by atoms with E-state index in [1.165, 1.54) is 0 Å². The first-order chi connectivity index (χ1) is 11.5. The third-order valence-electron chi connectivity index (χ3n) is 3.87. The SMILES string of the molecule is CC(C)N(Cc1ccccc1)C(=O)CCC(=O)c1ccc(Cl)cc1. The number of rotatable bonds is 7. The van der Waals surface area contributed by atoms with Gasteiger partial charge in [-0.25, -0.2) is 0 Å². The molecule has 0 aliphatic rings. The minimum atomic E-state index is -0.0385. The fourth-order valence-corrected chi connectivity index (χ4v) is 2.61. The summed E-state index contributed by atoms with van der Waals surface area (Å²) in [6.45, 7) is 4.54. The summed E-state index contributed by atoms with van der Waals surface area (Å²) in [4.78, 5) is 26.5. The van der Waals surface area contributed by atoms with Crippen molar-refractivity contribution in [2.24, 2.45) is 0 Å². The van der Waals surface area contributed by atoms with Gasteiger partial charge in [-0.15, -0.1) is 0 Å². The second kappa shape index (κ2) is 8.65. The zero-order chi connectivity index (χ0) is 17.5. The Labute approximate surface area is 148 Å². The molecule has 126 valence electrons. The summed E-state index contributed by atoms with van der Waals surface area (Å²) in [5.74, 6) is -0.0420. The van der Waals surface area contributed by atoms with Gasteiger partial charge in [-0.05, 0) is 43.7 Å². The van der Waals surface area contributed by atoms with E-state index >= 15 is 0 Å². The lowest BCUT2D eigenvalue weighted by molar-refractivity contribution is -0.133. The van der Waals surface area contributed by atoms with Crippen LogP contribution >= 0.6 is 11.6 Å². The molecular weight excluding hydrogens is 322 g/mol. The van der Waals surface area contributed by atoms with Gasteiger partial charge < -0.3 is 4.90 Å². The fraction of sp³-hybridized carbons (Fsp3) is 0.300. The van der Waals surface area contributed by atoms with E-state index in [1.807, 2.05) is 49.1 Å². The standard InChI is InChI=1S/C20H22ClNO2/c1-15(2)22(14-16-6-4-3-5-7-16)20(24)13-12-19(23)17-8-10-18(21)11-9-17/h3-11,15H,12-14H2,1-2H3. The first-order valence-electron chi connectivity index (χ1n) is 8.09. The molecule has 0 saturated heterocycles. The molecule has 24 heavy (non-hydrogen) atoms. The normalized spacial score (nSPS) is 10.7. The second-order valence-electron chi connectivity index (χ2n) is 6.03. The molecule has 0 aliphatic heterocycles. The highest BCUT2D eigenvalue weighted by molar-refractivity contribution is 6.30. The molecule has 3 nitrogen and oxygen atoms in total. The highest BCUT2D eigenvalue weighted by Gasteiger charge is 2.18. The topological polar surface area (TPSA) is 37.4 Å². The average Bonchev–Trinajstić information content (AvgIpc) is 2.58. The lowest BCUT2D eigenvalue weighted by atomic mass is 10.1. The number of nitrogens with zero attached hydrogens (tertiary/aromatic N) is 1. The van der Waals surface area contributed by atoms with Gasteiger partial charge in [0.15, 0.2) is 5.78 Å². The van der Waals surface area contributed by atoms with Gasteiger partial charge in [0.1, 0.15) is 0 Å². The summed E-state index contributed by atoms with van der Waals surface area (Å²) in [6, 6.07) is 16.7. The molecule has 0 aromatic heterocycles. The molecule has 0 atom stereocenters. The number of benzene rings is 2. The van der Waals surface area contributed by atoms with Gasteiger partial charge in [-0.2, -0.15) is 0 Å². The Morgan fingerprint density at radius 2 is 1.58 bits per heavy atom. The van der Waals surface area contributed by atoms with Crippen LogP contribution in [-0.2, 0) is 11.3 Å². The number of halogens is 1. The molecule has 0 spiro atoms. The van der Waals surface area contributed by atoms with Crippen molar-refractivity contribution in [3.8, 4) is 0 Å². The number of ketones is 1. The summed E-state index contributed by atoms with van der Waals surface area (Å²) in [7, 11) is 0. The predicted octanol–water partition coefficient (Wildman–Crippen LogP) is 4.74. The number of carbonyl (C=O) groups is 2. The van der Waals surface area contributed by atoms with E-state index in [0.717, 1.165) is 5.56 Å². The van der Waals surface area contributed by atoms with Gasteiger partial charge >= 0.3 is 0 Å². The Morgan fingerprint density at radius 3 is 2.17 bits per heavy atom. The molecule has 0 bridgehead atoms. The molecule has 4 heteroatoms. The van der Waals surface area contributed by atoms with Crippen molar-refractivity contribution in [1.82, 2.24) is 4.90 Å². The summed E-state index contributed by atoms with van der Waals surface area (Å²) < 4.78 is 0. The highest BCUT2D eigenvalue weighted by atomic mass is 35.5. The van der Waals surface area contributed by atoms with Crippen LogP contribution in [0.1, 0.15) is 42.6 Å². The minimum Gasteiger partial charge on any atom is -0.336 e. The zero-order valence-electron chi connectivity index (χ0n) is 14.0. The van der Waals surface area contributed by atoms with Gasteiger partial charge in [0.05, 0.1) is 0 Å². The van der Waals surface area contributed by atoms with Crippen molar-refractivity contribution in [2.45, 2.75) is 39.3 Å². The van der Waals surface area contributed by atoms with Crippen molar-refractivity contribution in [3.05, 3.63) is 70.7 Å². The number of carbonyl (C=O) groups excluding carboxylic acids is 2. The molecule has 2 aromatic rings. The summed E-state index contributed by atoms with van der Waals surface area (Å²) in [5.41, 5.74) is 1.68. The maximum Gasteiger partial charge on any atom is 0.223 e. The van der Waals surface area contributed by atoms with Crippen LogP contribution in [0.5, 0.6) is 0 Å². The maximum absolute atomic E-state index is 12.5.